The smallest absolute Gasteiger partial charge is 0.195 e. The number of nitrogens with zero attached hydrogens (tertiary/aromatic N) is 1. The Hall–Kier alpha value is -0.870. The first-order valence-electron chi connectivity index (χ1n) is 5.37. The number of hydrogen-bond donors (Lipinski definition) is 1. The zero-order valence-corrected chi connectivity index (χ0v) is 9.75. The predicted molar refractivity (Wildman–Crippen MR) is 58.9 cm³/mol. The van der Waals surface area contributed by atoms with Crippen LogP contribution in [-0.2, 0) is 17.6 Å². The van der Waals surface area contributed by atoms with Crippen LogP contribution in [0.1, 0.15) is 25.0 Å². The summed E-state index contributed by atoms with van der Waals surface area (Å²) < 4.78 is 10.7. The SMILES string of the molecule is CNCCc1ncc(CCC(C)OC)o1. The van der Waals surface area contributed by atoms with Gasteiger partial charge in [-0.3, -0.25) is 0 Å². The molecule has 0 fully saturated rings. The number of oxazole rings is 1. The lowest BCUT2D eigenvalue weighted by molar-refractivity contribution is 0.110. The Kier molecular flexibility index (Phi) is 5.36. The van der Waals surface area contributed by atoms with Crippen LogP contribution in [0.2, 0.25) is 0 Å². The quantitative estimate of drug-likeness (QED) is 0.742. The summed E-state index contributed by atoms with van der Waals surface area (Å²) in [4.78, 5) is 4.21. The Morgan fingerprint density at radius 3 is 3.00 bits per heavy atom. The van der Waals surface area contributed by atoms with Crippen LogP contribution < -0.4 is 5.32 Å². The summed E-state index contributed by atoms with van der Waals surface area (Å²) in [6.07, 6.45) is 4.79. The zero-order chi connectivity index (χ0) is 11.1. The molecule has 0 spiro atoms. The van der Waals surface area contributed by atoms with Gasteiger partial charge in [0.1, 0.15) is 5.76 Å². The predicted octanol–water partition coefficient (Wildman–Crippen LogP) is 1.40. The van der Waals surface area contributed by atoms with E-state index < -0.39 is 0 Å². The number of hydrogen-bond acceptors (Lipinski definition) is 4. The molecule has 0 saturated carbocycles. The van der Waals surface area contributed by atoms with E-state index in [-0.39, 0.29) is 6.10 Å². The first kappa shape index (κ1) is 12.2. The summed E-state index contributed by atoms with van der Waals surface area (Å²) in [6, 6.07) is 0. The molecule has 1 aromatic rings. The molecule has 0 aliphatic carbocycles. The normalized spacial score (nSPS) is 13.0. The lowest BCUT2D eigenvalue weighted by Crippen LogP contribution is -2.10. The van der Waals surface area contributed by atoms with Crippen molar-refractivity contribution in [2.45, 2.75) is 32.3 Å². The van der Waals surface area contributed by atoms with Crippen LogP contribution in [0, 0.1) is 0 Å². The number of rotatable bonds is 7. The second-order valence-electron chi connectivity index (χ2n) is 3.66. The van der Waals surface area contributed by atoms with Crippen molar-refractivity contribution in [1.82, 2.24) is 10.3 Å². The summed E-state index contributed by atoms with van der Waals surface area (Å²) in [5.41, 5.74) is 0. The topological polar surface area (TPSA) is 47.3 Å². The van der Waals surface area contributed by atoms with E-state index >= 15 is 0 Å². The summed E-state index contributed by atoms with van der Waals surface area (Å²) in [5, 5.41) is 3.06. The molecule has 0 amide bonds. The van der Waals surface area contributed by atoms with E-state index in [1.165, 1.54) is 0 Å². The van der Waals surface area contributed by atoms with Gasteiger partial charge in [-0.1, -0.05) is 0 Å². The van der Waals surface area contributed by atoms with E-state index in [0.29, 0.717) is 0 Å². The highest BCUT2D eigenvalue weighted by Gasteiger charge is 2.05. The van der Waals surface area contributed by atoms with Crippen molar-refractivity contribution >= 4 is 0 Å². The average molecular weight is 212 g/mol. The van der Waals surface area contributed by atoms with E-state index in [4.69, 9.17) is 9.15 Å². The third kappa shape index (κ3) is 4.44. The van der Waals surface area contributed by atoms with Crippen molar-refractivity contribution in [2.24, 2.45) is 0 Å². The first-order chi connectivity index (χ1) is 7.26. The molecule has 1 aromatic heterocycles. The number of ether oxygens (including phenoxy) is 1. The highest BCUT2D eigenvalue weighted by atomic mass is 16.5. The highest BCUT2D eigenvalue weighted by molar-refractivity contribution is 4.95. The third-order valence-electron chi connectivity index (χ3n) is 2.39. The fourth-order valence-electron chi connectivity index (χ4n) is 1.27. The van der Waals surface area contributed by atoms with Crippen molar-refractivity contribution in [2.75, 3.05) is 20.7 Å². The van der Waals surface area contributed by atoms with Crippen LogP contribution in [-0.4, -0.2) is 31.8 Å². The summed E-state index contributed by atoms with van der Waals surface area (Å²) in [7, 11) is 3.65. The minimum atomic E-state index is 0.274. The standard InChI is InChI=1S/C11H20N2O2/c1-9(14-3)4-5-10-8-13-11(15-10)6-7-12-2/h8-9,12H,4-7H2,1-3H3. The fourth-order valence-corrected chi connectivity index (χ4v) is 1.27. The van der Waals surface area contributed by atoms with E-state index in [1.807, 2.05) is 13.2 Å². The van der Waals surface area contributed by atoms with Gasteiger partial charge in [-0.05, 0) is 20.4 Å². The Labute approximate surface area is 91.0 Å². The molecule has 1 N–H and O–H groups in total. The Morgan fingerprint density at radius 1 is 1.53 bits per heavy atom. The Bertz CT molecular complexity index is 273. The van der Waals surface area contributed by atoms with Crippen molar-refractivity contribution in [3.63, 3.8) is 0 Å². The van der Waals surface area contributed by atoms with Gasteiger partial charge in [-0.25, -0.2) is 4.98 Å². The van der Waals surface area contributed by atoms with Gasteiger partial charge < -0.3 is 14.5 Å². The van der Waals surface area contributed by atoms with Crippen LogP contribution in [0.5, 0.6) is 0 Å². The molecule has 0 aromatic carbocycles. The van der Waals surface area contributed by atoms with Gasteiger partial charge in [0.05, 0.1) is 12.3 Å². The molecule has 1 heterocycles. The minimum Gasteiger partial charge on any atom is -0.446 e. The van der Waals surface area contributed by atoms with Crippen LogP contribution >= 0.6 is 0 Å². The van der Waals surface area contributed by atoms with Gasteiger partial charge in [-0.2, -0.15) is 0 Å². The van der Waals surface area contributed by atoms with E-state index in [2.05, 4.69) is 17.2 Å². The summed E-state index contributed by atoms with van der Waals surface area (Å²) in [5.74, 6) is 1.76. The second-order valence-corrected chi connectivity index (χ2v) is 3.66. The summed E-state index contributed by atoms with van der Waals surface area (Å²) >= 11 is 0. The molecule has 15 heavy (non-hydrogen) atoms. The third-order valence-corrected chi connectivity index (χ3v) is 2.39. The van der Waals surface area contributed by atoms with Crippen molar-refractivity contribution in [3.05, 3.63) is 17.8 Å². The van der Waals surface area contributed by atoms with Crippen LogP contribution in [0.15, 0.2) is 10.6 Å². The monoisotopic (exact) mass is 212 g/mol. The molecule has 86 valence electrons. The molecular formula is C11H20N2O2. The minimum absolute atomic E-state index is 0.274. The summed E-state index contributed by atoms with van der Waals surface area (Å²) in [6.45, 7) is 2.95. The number of aryl methyl sites for hydroxylation is 1. The average Bonchev–Trinajstić information content (AvgIpc) is 2.71. The van der Waals surface area contributed by atoms with Crippen LogP contribution in [0.25, 0.3) is 0 Å². The maximum atomic E-state index is 5.57. The maximum absolute atomic E-state index is 5.57. The molecule has 1 unspecified atom stereocenters. The van der Waals surface area contributed by atoms with Crippen LogP contribution in [0.4, 0.5) is 0 Å². The van der Waals surface area contributed by atoms with Gasteiger partial charge >= 0.3 is 0 Å². The molecule has 1 rings (SSSR count). The van der Waals surface area contributed by atoms with Crippen LogP contribution in [0.3, 0.4) is 0 Å². The molecule has 4 nitrogen and oxygen atoms in total. The Morgan fingerprint density at radius 2 is 2.33 bits per heavy atom. The van der Waals surface area contributed by atoms with Gasteiger partial charge in [0, 0.05) is 26.5 Å². The first-order valence-corrected chi connectivity index (χ1v) is 5.37. The fraction of sp³-hybridized carbons (Fsp3) is 0.727. The Balaban J connectivity index is 2.32. The molecule has 4 heteroatoms. The number of methoxy groups -OCH3 is 1. The molecule has 1 atom stereocenters. The second kappa shape index (κ2) is 6.58. The molecule has 0 radical (unpaired) electrons. The number of aromatic nitrogens is 1. The molecule has 0 saturated heterocycles. The van der Waals surface area contributed by atoms with Crippen molar-refractivity contribution < 1.29 is 9.15 Å². The van der Waals surface area contributed by atoms with Gasteiger partial charge in [0.25, 0.3) is 0 Å². The zero-order valence-electron chi connectivity index (χ0n) is 9.75. The van der Waals surface area contributed by atoms with E-state index in [1.54, 1.807) is 7.11 Å². The largest absolute Gasteiger partial charge is 0.446 e. The maximum Gasteiger partial charge on any atom is 0.195 e. The van der Waals surface area contributed by atoms with E-state index in [0.717, 1.165) is 37.5 Å². The molecule has 0 aliphatic rings. The molecular weight excluding hydrogens is 192 g/mol. The molecule has 0 bridgehead atoms. The molecule has 0 aliphatic heterocycles. The number of likely N-dealkylation sites (N-methyl/N-ethyl adjacent to an activating group) is 1. The van der Waals surface area contributed by atoms with Crippen molar-refractivity contribution in [1.29, 1.82) is 0 Å². The van der Waals surface area contributed by atoms with Gasteiger partial charge in [0.2, 0.25) is 0 Å². The highest BCUT2D eigenvalue weighted by Crippen LogP contribution is 2.09. The lowest BCUT2D eigenvalue weighted by Gasteiger charge is -2.06. The van der Waals surface area contributed by atoms with Gasteiger partial charge in [-0.15, -0.1) is 0 Å². The van der Waals surface area contributed by atoms with E-state index in [9.17, 15) is 0 Å². The lowest BCUT2D eigenvalue weighted by atomic mass is 10.2. The van der Waals surface area contributed by atoms with Crippen molar-refractivity contribution in [3.8, 4) is 0 Å². The van der Waals surface area contributed by atoms with Gasteiger partial charge in [0.15, 0.2) is 5.89 Å². The number of nitrogens with one attached hydrogen (secondary N) is 1.